The molecule has 0 atom stereocenters. The molecule has 0 aliphatic heterocycles. The number of carbonyl (C=O) groups is 2. The Morgan fingerprint density at radius 2 is 2.00 bits per heavy atom. The van der Waals surface area contributed by atoms with Crippen LogP contribution in [0.15, 0.2) is 12.1 Å². The predicted molar refractivity (Wildman–Crippen MR) is 53.6 cm³/mol. The zero-order valence-corrected chi connectivity index (χ0v) is 9.22. The Morgan fingerprint density at radius 1 is 1.41 bits per heavy atom. The van der Waals surface area contributed by atoms with Crippen molar-refractivity contribution in [2.45, 2.75) is 6.18 Å². The van der Waals surface area contributed by atoms with Crippen LogP contribution in [0.4, 0.5) is 13.2 Å². The van der Waals surface area contributed by atoms with Gasteiger partial charge in [-0.1, -0.05) is 0 Å². The second-order valence-corrected chi connectivity index (χ2v) is 3.38. The molecule has 0 radical (unpaired) electrons. The number of hydrogen-bond acceptors (Lipinski definition) is 3. The molecule has 0 heterocycles. The molecular formula is C10H6ClF3O3. The third kappa shape index (κ3) is 2.76. The molecule has 0 N–H and O–H groups in total. The lowest BCUT2D eigenvalue weighted by Gasteiger charge is -2.14. The summed E-state index contributed by atoms with van der Waals surface area (Å²) in [5, 5.41) is -1.08. The maximum Gasteiger partial charge on any atom is 0.420 e. The van der Waals surface area contributed by atoms with E-state index in [-0.39, 0.29) is 11.8 Å². The molecule has 0 bridgehead atoms. The molecule has 7 heteroatoms. The van der Waals surface area contributed by atoms with Gasteiger partial charge in [0, 0.05) is 5.56 Å². The van der Waals surface area contributed by atoms with E-state index < -0.39 is 28.3 Å². The van der Waals surface area contributed by atoms with E-state index in [0.29, 0.717) is 6.07 Å². The van der Waals surface area contributed by atoms with Crippen LogP contribution in [0.5, 0.6) is 5.75 Å². The normalized spacial score (nSPS) is 11.1. The van der Waals surface area contributed by atoms with Gasteiger partial charge in [0.05, 0.1) is 18.2 Å². The van der Waals surface area contributed by atoms with Gasteiger partial charge in [-0.05, 0) is 23.7 Å². The van der Waals surface area contributed by atoms with E-state index in [2.05, 4.69) is 4.74 Å². The van der Waals surface area contributed by atoms with E-state index in [0.717, 1.165) is 13.2 Å². The van der Waals surface area contributed by atoms with E-state index in [1.807, 2.05) is 0 Å². The van der Waals surface area contributed by atoms with E-state index in [1.54, 1.807) is 0 Å². The quantitative estimate of drug-likeness (QED) is 0.624. The third-order valence-corrected chi connectivity index (χ3v) is 2.20. The van der Waals surface area contributed by atoms with Crippen LogP contribution in [0.1, 0.15) is 26.3 Å². The first-order chi connectivity index (χ1) is 7.81. The number of carbonyl (C=O) groups excluding carboxylic acids is 2. The Bertz CT molecular complexity index is 469. The number of ether oxygens (including phenoxy) is 1. The molecule has 0 spiro atoms. The second kappa shape index (κ2) is 4.75. The highest BCUT2D eigenvalue weighted by Gasteiger charge is 2.36. The van der Waals surface area contributed by atoms with Gasteiger partial charge in [-0.2, -0.15) is 13.2 Å². The fraction of sp³-hybridized carbons (Fsp3) is 0.200. The Balaban J connectivity index is 3.59. The van der Waals surface area contributed by atoms with Crippen molar-refractivity contribution < 1.29 is 27.5 Å². The van der Waals surface area contributed by atoms with Crippen molar-refractivity contribution in [1.29, 1.82) is 0 Å². The van der Waals surface area contributed by atoms with Gasteiger partial charge in [-0.3, -0.25) is 9.59 Å². The van der Waals surface area contributed by atoms with Crippen LogP contribution in [0.3, 0.4) is 0 Å². The van der Waals surface area contributed by atoms with Gasteiger partial charge in [0.15, 0.2) is 6.29 Å². The molecule has 0 aromatic heterocycles. The molecule has 0 saturated carbocycles. The summed E-state index contributed by atoms with van der Waals surface area (Å²) in [6.07, 6.45) is -4.58. The van der Waals surface area contributed by atoms with E-state index >= 15 is 0 Å². The molecule has 0 amide bonds. The molecule has 0 fully saturated rings. The molecule has 1 aromatic carbocycles. The highest BCUT2D eigenvalue weighted by atomic mass is 35.5. The summed E-state index contributed by atoms with van der Waals surface area (Å²) in [6.45, 7) is 0. The maximum absolute atomic E-state index is 12.6. The molecule has 17 heavy (non-hydrogen) atoms. The number of hydrogen-bond donors (Lipinski definition) is 0. The van der Waals surface area contributed by atoms with Crippen molar-refractivity contribution in [2.24, 2.45) is 0 Å². The molecule has 0 aliphatic carbocycles. The summed E-state index contributed by atoms with van der Waals surface area (Å²) in [5.41, 5.74) is -2.01. The summed E-state index contributed by atoms with van der Waals surface area (Å²) in [6, 6.07) is 1.48. The molecule has 3 nitrogen and oxygen atoms in total. The number of rotatable bonds is 3. The lowest BCUT2D eigenvalue weighted by Crippen LogP contribution is -2.11. The molecule has 0 aliphatic rings. The maximum atomic E-state index is 12.6. The van der Waals surface area contributed by atoms with Crippen LogP contribution < -0.4 is 4.74 Å². The minimum atomic E-state index is -4.74. The van der Waals surface area contributed by atoms with Gasteiger partial charge in [-0.25, -0.2) is 0 Å². The van der Waals surface area contributed by atoms with Gasteiger partial charge >= 0.3 is 6.18 Å². The van der Waals surface area contributed by atoms with Crippen LogP contribution in [0.2, 0.25) is 0 Å². The van der Waals surface area contributed by atoms with Crippen molar-refractivity contribution >= 4 is 23.1 Å². The zero-order chi connectivity index (χ0) is 13.2. The lowest BCUT2D eigenvalue weighted by molar-refractivity contribution is -0.138. The first-order valence-corrected chi connectivity index (χ1v) is 4.63. The highest BCUT2D eigenvalue weighted by Crippen LogP contribution is 2.38. The minimum absolute atomic E-state index is 0.164. The summed E-state index contributed by atoms with van der Waals surface area (Å²) >= 11 is 5.09. The van der Waals surface area contributed by atoms with Crippen molar-refractivity contribution in [1.82, 2.24) is 0 Å². The summed E-state index contributed by atoms with van der Waals surface area (Å²) in [7, 11) is 1.000. The molecule has 92 valence electrons. The number of aldehydes is 1. The van der Waals surface area contributed by atoms with Crippen LogP contribution in [0, 0.1) is 0 Å². The Hall–Kier alpha value is -1.56. The average molecular weight is 267 g/mol. The molecular weight excluding hydrogens is 261 g/mol. The van der Waals surface area contributed by atoms with Gasteiger partial charge < -0.3 is 4.74 Å². The molecule has 1 aromatic rings. The topological polar surface area (TPSA) is 43.4 Å². The van der Waals surface area contributed by atoms with E-state index in [9.17, 15) is 22.8 Å². The highest BCUT2D eigenvalue weighted by molar-refractivity contribution is 6.67. The summed E-state index contributed by atoms with van der Waals surface area (Å²) < 4.78 is 42.5. The van der Waals surface area contributed by atoms with E-state index in [1.165, 1.54) is 0 Å². The zero-order valence-electron chi connectivity index (χ0n) is 8.47. The van der Waals surface area contributed by atoms with Crippen LogP contribution >= 0.6 is 11.6 Å². The number of alkyl halides is 3. The van der Waals surface area contributed by atoms with Crippen molar-refractivity contribution in [3.8, 4) is 5.75 Å². The van der Waals surface area contributed by atoms with Crippen molar-refractivity contribution in [3.05, 3.63) is 28.8 Å². The van der Waals surface area contributed by atoms with Crippen molar-refractivity contribution in [2.75, 3.05) is 7.11 Å². The second-order valence-electron chi connectivity index (χ2n) is 3.04. The van der Waals surface area contributed by atoms with E-state index in [4.69, 9.17) is 11.6 Å². The number of benzene rings is 1. The standard InChI is InChI=1S/C10H6ClF3O3/c1-17-8-6(4-15)2-5(9(11)16)3-7(8)10(12,13)14/h2-4H,1H3. The first-order valence-electron chi connectivity index (χ1n) is 4.25. The van der Waals surface area contributed by atoms with Crippen LogP contribution in [0.25, 0.3) is 0 Å². The SMILES string of the molecule is COc1c(C=O)cc(C(=O)Cl)cc1C(F)(F)F. The average Bonchev–Trinajstić information content (AvgIpc) is 2.25. The molecule has 1 rings (SSSR count). The fourth-order valence-electron chi connectivity index (χ4n) is 1.29. The number of methoxy groups -OCH3 is 1. The minimum Gasteiger partial charge on any atom is -0.495 e. The van der Waals surface area contributed by atoms with Crippen molar-refractivity contribution in [3.63, 3.8) is 0 Å². The van der Waals surface area contributed by atoms with Gasteiger partial charge in [0.2, 0.25) is 0 Å². The Kier molecular flexibility index (Phi) is 3.77. The van der Waals surface area contributed by atoms with Gasteiger partial charge in [0.1, 0.15) is 5.75 Å². The monoisotopic (exact) mass is 266 g/mol. The smallest absolute Gasteiger partial charge is 0.420 e. The summed E-state index contributed by atoms with van der Waals surface area (Å²) in [5.74, 6) is -0.630. The Morgan fingerprint density at radius 3 is 2.35 bits per heavy atom. The third-order valence-electron chi connectivity index (χ3n) is 1.98. The molecule has 0 unspecified atom stereocenters. The summed E-state index contributed by atoms with van der Waals surface area (Å²) in [4.78, 5) is 21.5. The predicted octanol–water partition coefficient (Wildman–Crippen LogP) is 2.91. The molecule has 0 saturated heterocycles. The lowest BCUT2D eigenvalue weighted by atomic mass is 10.0. The Labute approximate surface area is 99.1 Å². The fourth-order valence-corrected chi connectivity index (χ4v) is 1.40. The first kappa shape index (κ1) is 13.5. The van der Waals surface area contributed by atoms with Crippen LogP contribution in [-0.2, 0) is 6.18 Å². The van der Waals surface area contributed by atoms with Crippen LogP contribution in [-0.4, -0.2) is 18.6 Å². The van der Waals surface area contributed by atoms with Gasteiger partial charge in [0.25, 0.3) is 5.24 Å². The largest absolute Gasteiger partial charge is 0.495 e. The number of halogens is 4. The van der Waals surface area contributed by atoms with Gasteiger partial charge in [-0.15, -0.1) is 0 Å².